The fraction of sp³-hybridized carbons (Fsp3) is 0.0417. The van der Waals surface area contributed by atoms with Gasteiger partial charge < -0.3 is 15.8 Å². The molecule has 0 spiro atoms. The molecule has 11 nitrogen and oxygen atoms in total. The van der Waals surface area contributed by atoms with E-state index in [1.807, 2.05) is 0 Å². The number of nitro benzene ring substituents is 1. The second-order valence-electron chi connectivity index (χ2n) is 7.99. The number of non-ortho nitro benzene ring substituents is 1. The minimum Gasteiger partial charge on any atom is -0.506 e. The maximum absolute atomic E-state index is 13.9. The van der Waals surface area contributed by atoms with E-state index in [1.165, 1.54) is 37.3 Å². The largest absolute Gasteiger partial charge is 0.506 e. The Balaban J connectivity index is 1.95. The number of hydrogen-bond acceptors (Lipinski definition) is 7. The van der Waals surface area contributed by atoms with Gasteiger partial charge in [-0.2, -0.15) is 8.42 Å². The Bertz CT molecular complexity index is 1770. The van der Waals surface area contributed by atoms with Gasteiger partial charge in [0.05, 0.1) is 20.9 Å². The molecule has 0 bridgehead atoms. The van der Waals surface area contributed by atoms with E-state index in [0.717, 1.165) is 24.3 Å². The molecule has 14 heteroatoms. The standard InChI is InChI=1S/C24H17F2N5O6S/c1-12(27)30-38(36,37)18-4-2-3-13(9-18)22(32)21(23(33)14-7-15(25)10-16(26)8-14)24-28-19-6-5-17(31(34)35)11-20(19)29-24/h2-11,33H,1H3,(H2,27,30)(H,28,29). The van der Waals surface area contributed by atoms with E-state index in [2.05, 4.69) is 14.4 Å². The highest BCUT2D eigenvalue weighted by molar-refractivity contribution is 7.90. The molecule has 0 saturated carbocycles. The first kappa shape index (κ1) is 26.1. The van der Waals surface area contributed by atoms with Crippen molar-refractivity contribution in [1.29, 1.82) is 0 Å². The molecule has 1 heterocycles. The van der Waals surface area contributed by atoms with Gasteiger partial charge in [-0.05, 0) is 37.3 Å². The molecule has 4 rings (SSSR count). The van der Waals surface area contributed by atoms with Crippen LogP contribution in [0.25, 0.3) is 22.4 Å². The number of rotatable bonds is 7. The van der Waals surface area contributed by atoms with E-state index in [0.29, 0.717) is 6.07 Å². The van der Waals surface area contributed by atoms with E-state index in [-0.39, 0.29) is 38.8 Å². The molecule has 0 amide bonds. The number of nitrogens with one attached hydrogen (secondary N) is 1. The molecule has 0 aliphatic rings. The zero-order valence-corrected chi connectivity index (χ0v) is 20.2. The van der Waals surface area contributed by atoms with E-state index in [4.69, 9.17) is 5.73 Å². The van der Waals surface area contributed by atoms with Crippen LogP contribution in [0.2, 0.25) is 0 Å². The zero-order chi connectivity index (χ0) is 27.8. The number of benzene rings is 3. The number of carbonyl (C=O) groups is 1. The van der Waals surface area contributed by atoms with Crippen molar-refractivity contribution in [2.45, 2.75) is 11.8 Å². The summed E-state index contributed by atoms with van der Waals surface area (Å²) in [6.07, 6.45) is 0. The number of amidine groups is 1. The quantitative estimate of drug-likeness (QED) is 0.0594. The molecule has 194 valence electrons. The van der Waals surface area contributed by atoms with Gasteiger partial charge in [-0.25, -0.2) is 13.8 Å². The molecule has 0 atom stereocenters. The summed E-state index contributed by atoms with van der Waals surface area (Å²) < 4.78 is 56.2. The molecule has 0 unspecified atom stereocenters. The first-order valence-corrected chi connectivity index (χ1v) is 12.1. The van der Waals surface area contributed by atoms with Crippen molar-refractivity contribution in [3.05, 3.63) is 99.4 Å². The second kappa shape index (κ2) is 9.82. The van der Waals surface area contributed by atoms with Crippen molar-refractivity contribution < 1.29 is 32.0 Å². The average molecular weight is 541 g/mol. The van der Waals surface area contributed by atoms with Crippen LogP contribution in [0.4, 0.5) is 14.5 Å². The summed E-state index contributed by atoms with van der Waals surface area (Å²) in [5.41, 5.74) is 4.16. The SMILES string of the molecule is CC(N)=NS(=O)(=O)c1cccc(C(=O)C(=C(O)c2cc(F)cc(F)c2)c2nc3ccc([N+](=O)[O-])cc3[nH]2)c1. The van der Waals surface area contributed by atoms with Crippen LogP contribution in [0.5, 0.6) is 0 Å². The molecule has 1 aromatic heterocycles. The molecular formula is C24H17F2N5O6S. The average Bonchev–Trinajstić information content (AvgIpc) is 3.25. The third-order valence-electron chi connectivity index (χ3n) is 5.17. The number of nitrogens with zero attached hydrogens (tertiary/aromatic N) is 3. The Labute approximate surface area is 213 Å². The molecule has 0 radical (unpaired) electrons. The number of ketones is 1. The van der Waals surface area contributed by atoms with Gasteiger partial charge >= 0.3 is 0 Å². The van der Waals surface area contributed by atoms with Gasteiger partial charge in [-0.1, -0.05) is 12.1 Å². The maximum Gasteiger partial charge on any atom is 0.283 e. The number of nitro groups is 1. The van der Waals surface area contributed by atoms with Crippen LogP contribution in [0.1, 0.15) is 28.7 Å². The molecule has 0 aliphatic carbocycles. The van der Waals surface area contributed by atoms with E-state index in [1.54, 1.807) is 0 Å². The number of imidazole rings is 1. The lowest BCUT2D eigenvalue weighted by atomic mass is 9.98. The van der Waals surface area contributed by atoms with Gasteiger partial charge in [0.2, 0.25) is 5.78 Å². The number of nitrogens with two attached hydrogens (primary N) is 1. The Morgan fingerprint density at radius 2 is 1.76 bits per heavy atom. The van der Waals surface area contributed by atoms with E-state index < -0.39 is 49.3 Å². The monoisotopic (exact) mass is 541 g/mol. The fourth-order valence-corrected chi connectivity index (χ4v) is 4.59. The third-order valence-corrected chi connectivity index (χ3v) is 6.55. The van der Waals surface area contributed by atoms with Gasteiger partial charge in [-0.3, -0.25) is 14.9 Å². The lowest BCUT2D eigenvalue weighted by Crippen LogP contribution is -2.11. The van der Waals surface area contributed by atoms with E-state index >= 15 is 0 Å². The highest BCUT2D eigenvalue weighted by Gasteiger charge is 2.26. The number of Topliss-reactive ketones (excluding diaryl/α,β-unsaturated/α-hetero) is 1. The maximum atomic E-state index is 13.9. The number of halogens is 2. The van der Waals surface area contributed by atoms with E-state index in [9.17, 15) is 37.2 Å². The fourth-order valence-electron chi connectivity index (χ4n) is 3.58. The predicted octanol–water partition coefficient (Wildman–Crippen LogP) is 4.12. The summed E-state index contributed by atoms with van der Waals surface area (Å²) in [5, 5.41) is 22.2. The van der Waals surface area contributed by atoms with Gasteiger partial charge in [-0.15, -0.1) is 4.40 Å². The molecule has 3 aromatic carbocycles. The van der Waals surface area contributed by atoms with Crippen LogP contribution in [-0.4, -0.2) is 40.0 Å². The predicted molar refractivity (Wildman–Crippen MR) is 134 cm³/mol. The normalized spacial score (nSPS) is 12.9. The molecule has 0 aliphatic heterocycles. The first-order chi connectivity index (χ1) is 17.9. The third kappa shape index (κ3) is 5.24. The topological polar surface area (TPSA) is 182 Å². The molecule has 4 N–H and O–H groups in total. The number of aromatic amines is 1. The van der Waals surface area contributed by atoms with Crippen molar-refractivity contribution in [1.82, 2.24) is 9.97 Å². The number of aromatic nitrogens is 2. The number of sulfonamides is 1. The minimum atomic E-state index is -4.28. The summed E-state index contributed by atoms with van der Waals surface area (Å²) in [4.78, 5) is 30.7. The lowest BCUT2D eigenvalue weighted by Gasteiger charge is -2.10. The summed E-state index contributed by atoms with van der Waals surface area (Å²) in [7, 11) is -4.28. The Morgan fingerprint density at radius 3 is 2.39 bits per heavy atom. The first-order valence-electron chi connectivity index (χ1n) is 10.6. The smallest absolute Gasteiger partial charge is 0.283 e. The number of H-pyrrole nitrogens is 1. The van der Waals surface area contributed by atoms with Gasteiger partial charge in [0, 0.05) is 29.3 Å². The van der Waals surface area contributed by atoms with Gasteiger partial charge in [0.15, 0.2) is 0 Å². The van der Waals surface area contributed by atoms with Crippen LogP contribution in [0, 0.1) is 21.7 Å². The number of hydrogen-bond donors (Lipinski definition) is 3. The molecule has 38 heavy (non-hydrogen) atoms. The number of fused-ring (bicyclic) bond motifs is 1. The second-order valence-corrected chi connectivity index (χ2v) is 9.59. The number of aliphatic hydroxyl groups excluding tert-OH is 1. The lowest BCUT2D eigenvalue weighted by molar-refractivity contribution is -0.384. The van der Waals surface area contributed by atoms with Gasteiger partial charge in [0.1, 0.15) is 34.6 Å². The summed E-state index contributed by atoms with van der Waals surface area (Å²) in [5.74, 6) is -4.48. The summed E-state index contributed by atoms with van der Waals surface area (Å²) >= 11 is 0. The Morgan fingerprint density at radius 1 is 1.08 bits per heavy atom. The van der Waals surface area contributed by atoms with Crippen molar-refractivity contribution in [3.8, 4) is 0 Å². The molecule has 0 fully saturated rings. The van der Waals surface area contributed by atoms with Crippen LogP contribution in [0.3, 0.4) is 0 Å². The van der Waals surface area contributed by atoms with Crippen molar-refractivity contribution in [2.24, 2.45) is 10.1 Å². The van der Waals surface area contributed by atoms with Crippen LogP contribution in [0.15, 0.2) is 70.0 Å². The minimum absolute atomic E-state index is 0.127. The van der Waals surface area contributed by atoms with Crippen molar-refractivity contribution in [3.63, 3.8) is 0 Å². The number of aliphatic hydroxyl groups is 1. The van der Waals surface area contributed by atoms with Crippen LogP contribution >= 0.6 is 0 Å². The zero-order valence-electron chi connectivity index (χ0n) is 19.3. The Hall–Kier alpha value is -4.98. The van der Waals surface area contributed by atoms with Crippen LogP contribution in [-0.2, 0) is 10.0 Å². The molecule has 4 aromatic rings. The van der Waals surface area contributed by atoms with Gasteiger partial charge in [0.25, 0.3) is 15.7 Å². The molecular weight excluding hydrogens is 524 g/mol. The highest BCUT2D eigenvalue weighted by atomic mass is 32.2. The van der Waals surface area contributed by atoms with Crippen molar-refractivity contribution >= 4 is 49.7 Å². The number of allylic oxidation sites excluding steroid dienone is 1. The highest BCUT2D eigenvalue weighted by Crippen LogP contribution is 2.30. The molecule has 0 saturated heterocycles. The van der Waals surface area contributed by atoms with Crippen LogP contribution < -0.4 is 5.73 Å². The summed E-state index contributed by atoms with van der Waals surface area (Å²) in [6, 6.07) is 10.4. The van der Waals surface area contributed by atoms with Crippen molar-refractivity contribution in [2.75, 3.05) is 0 Å². The number of carbonyl (C=O) groups excluding carboxylic acids is 1. The summed E-state index contributed by atoms with van der Waals surface area (Å²) in [6.45, 7) is 1.26. The Kier molecular flexibility index (Phi) is 6.74.